The average molecular weight is 450 g/mol. The standard InChI is InChI=1S/C28H27N5O/c1-17(2)34-22-7-5-6-21(15-22)32-27-24-10-8-18(3)26(23(24)12-13-30-27)19-9-11-25-20(14-19)16-31-28(29-4)33-25/h5-17H,1-4H3,(H,30,32)(H,29,31,33). The average Bonchev–Trinajstić information content (AvgIpc) is 2.83. The molecular weight excluding hydrogens is 422 g/mol. The van der Waals surface area contributed by atoms with Crippen LogP contribution in [0.3, 0.4) is 0 Å². The zero-order chi connectivity index (χ0) is 23.7. The normalized spacial score (nSPS) is 11.2. The van der Waals surface area contributed by atoms with Gasteiger partial charge in [0.15, 0.2) is 0 Å². The highest BCUT2D eigenvalue weighted by molar-refractivity contribution is 6.04. The minimum atomic E-state index is 0.119. The Morgan fingerprint density at radius 2 is 1.79 bits per heavy atom. The predicted octanol–water partition coefficient (Wildman–Crippen LogP) is 6.73. The third kappa shape index (κ3) is 4.22. The lowest BCUT2D eigenvalue weighted by Crippen LogP contribution is -2.05. The zero-order valence-electron chi connectivity index (χ0n) is 19.8. The van der Waals surface area contributed by atoms with Crippen molar-refractivity contribution in [3.8, 4) is 16.9 Å². The van der Waals surface area contributed by atoms with E-state index in [1.807, 2.05) is 63.6 Å². The molecule has 0 spiro atoms. The van der Waals surface area contributed by atoms with Gasteiger partial charge in [0.2, 0.25) is 5.95 Å². The number of fused-ring (bicyclic) bond motifs is 2. The lowest BCUT2D eigenvalue weighted by Gasteiger charge is -2.15. The fourth-order valence-electron chi connectivity index (χ4n) is 4.21. The predicted molar refractivity (Wildman–Crippen MR) is 140 cm³/mol. The summed E-state index contributed by atoms with van der Waals surface area (Å²) in [6.45, 7) is 6.18. The van der Waals surface area contributed by atoms with E-state index in [1.165, 1.54) is 11.1 Å². The van der Waals surface area contributed by atoms with Crippen LogP contribution in [0.25, 0.3) is 32.8 Å². The Morgan fingerprint density at radius 1 is 0.912 bits per heavy atom. The maximum atomic E-state index is 5.85. The first-order chi connectivity index (χ1) is 16.5. The van der Waals surface area contributed by atoms with Gasteiger partial charge in [0, 0.05) is 42.0 Å². The molecule has 34 heavy (non-hydrogen) atoms. The number of benzene rings is 3. The van der Waals surface area contributed by atoms with Crippen molar-refractivity contribution in [1.82, 2.24) is 15.0 Å². The Bertz CT molecular complexity index is 1500. The molecule has 6 nitrogen and oxygen atoms in total. The van der Waals surface area contributed by atoms with E-state index in [4.69, 9.17) is 4.74 Å². The van der Waals surface area contributed by atoms with Gasteiger partial charge in [-0.25, -0.2) is 15.0 Å². The Labute approximate surface area is 199 Å². The van der Waals surface area contributed by atoms with Gasteiger partial charge in [-0.15, -0.1) is 0 Å². The summed E-state index contributed by atoms with van der Waals surface area (Å²) in [5.41, 5.74) is 5.35. The van der Waals surface area contributed by atoms with Crippen LogP contribution in [0.2, 0.25) is 0 Å². The Morgan fingerprint density at radius 3 is 2.62 bits per heavy atom. The lowest BCUT2D eigenvalue weighted by atomic mass is 9.94. The molecule has 6 heteroatoms. The summed E-state index contributed by atoms with van der Waals surface area (Å²) >= 11 is 0. The van der Waals surface area contributed by atoms with Crippen LogP contribution in [0.5, 0.6) is 5.75 Å². The molecule has 2 N–H and O–H groups in total. The van der Waals surface area contributed by atoms with E-state index in [2.05, 4.69) is 62.8 Å². The van der Waals surface area contributed by atoms with Gasteiger partial charge in [-0.05, 0) is 73.2 Å². The van der Waals surface area contributed by atoms with E-state index in [-0.39, 0.29) is 6.10 Å². The fraction of sp³-hybridized carbons (Fsp3) is 0.179. The first kappa shape index (κ1) is 21.6. The van der Waals surface area contributed by atoms with Crippen LogP contribution in [0.1, 0.15) is 19.4 Å². The summed E-state index contributed by atoms with van der Waals surface area (Å²) in [4.78, 5) is 13.6. The van der Waals surface area contributed by atoms with Crippen LogP contribution in [-0.4, -0.2) is 28.1 Å². The smallest absolute Gasteiger partial charge is 0.222 e. The lowest BCUT2D eigenvalue weighted by molar-refractivity contribution is 0.242. The molecule has 3 aromatic carbocycles. The molecule has 5 rings (SSSR count). The molecule has 2 aromatic heterocycles. The van der Waals surface area contributed by atoms with Gasteiger partial charge >= 0.3 is 0 Å². The second-order valence-electron chi connectivity index (χ2n) is 8.55. The van der Waals surface area contributed by atoms with Crippen molar-refractivity contribution in [2.75, 3.05) is 17.7 Å². The molecule has 0 amide bonds. The number of anilines is 3. The number of nitrogens with one attached hydrogen (secondary N) is 2. The maximum absolute atomic E-state index is 5.85. The van der Waals surface area contributed by atoms with Gasteiger partial charge in [-0.2, -0.15) is 0 Å². The van der Waals surface area contributed by atoms with Crippen LogP contribution in [0, 0.1) is 6.92 Å². The SMILES string of the molecule is CNc1ncc2cc(-c3c(C)ccc4c(Nc5cccc(OC(C)C)c5)nccc34)ccc2n1. The summed E-state index contributed by atoms with van der Waals surface area (Å²) in [5.74, 6) is 2.26. The third-order valence-electron chi connectivity index (χ3n) is 5.71. The molecule has 0 aliphatic heterocycles. The number of nitrogens with zero attached hydrogens (tertiary/aromatic N) is 3. The monoisotopic (exact) mass is 449 g/mol. The number of aromatic nitrogens is 3. The molecule has 0 atom stereocenters. The molecule has 0 radical (unpaired) electrons. The first-order valence-electron chi connectivity index (χ1n) is 11.4. The van der Waals surface area contributed by atoms with E-state index in [9.17, 15) is 0 Å². The van der Waals surface area contributed by atoms with Crippen molar-refractivity contribution in [1.29, 1.82) is 0 Å². The van der Waals surface area contributed by atoms with Crippen molar-refractivity contribution in [3.05, 3.63) is 78.6 Å². The number of rotatable bonds is 6. The fourth-order valence-corrected chi connectivity index (χ4v) is 4.21. The van der Waals surface area contributed by atoms with E-state index in [0.29, 0.717) is 5.95 Å². The number of hydrogen-bond acceptors (Lipinski definition) is 6. The molecule has 0 bridgehead atoms. The topological polar surface area (TPSA) is 72.0 Å². The van der Waals surface area contributed by atoms with Crippen molar-refractivity contribution in [2.24, 2.45) is 0 Å². The van der Waals surface area contributed by atoms with E-state index in [1.54, 1.807) is 0 Å². The molecule has 170 valence electrons. The Hall–Kier alpha value is -4.19. The number of pyridine rings is 1. The van der Waals surface area contributed by atoms with E-state index >= 15 is 0 Å². The van der Waals surface area contributed by atoms with Gasteiger partial charge in [-0.3, -0.25) is 0 Å². The molecule has 0 saturated carbocycles. The molecule has 2 heterocycles. The van der Waals surface area contributed by atoms with E-state index < -0.39 is 0 Å². The summed E-state index contributed by atoms with van der Waals surface area (Å²) in [6, 6.07) is 20.6. The van der Waals surface area contributed by atoms with Crippen LogP contribution in [0.15, 0.2) is 73.1 Å². The maximum Gasteiger partial charge on any atom is 0.222 e. The highest BCUT2D eigenvalue weighted by atomic mass is 16.5. The molecule has 0 aliphatic carbocycles. The third-order valence-corrected chi connectivity index (χ3v) is 5.71. The van der Waals surface area contributed by atoms with Crippen LogP contribution in [0.4, 0.5) is 17.5 Å². The highest BCUT2D eigenvalue weighted by Crippen LogP contribution is 2.36. The van der Waals surface area contributed by atoms with Crippen LogP contribution >= 0.6 is 0 Å². The molecule has 5 aromatic rings. The zero-order valence-corrected chi connectivity index (χ0v) is 19.8. The molecule has 0 fully saturated rings. The second-order valence-corrected chi connectivity index (χ2v) is 8.55. The van der Waals surface area contributed by atoms with Crippen LogP contribution in [-0.2, 0) is 0 Å². The van der Waals surface area contributed by atoms with Gasteiger partial charge in [-0.1, -0.05) is 24.3 Å². The van der Waals surface area contributed by atoms with Crippen molar-refractivity contribution in [2.45, 2.75) is 26.9 Å². The first-order valence-corrected chi connectivity index (χ1v) is 11.4. The Balaban J connectivity index is 1.58. The summed E-state index contributed by atoms with van der Waals surface area (Å²) in [7, 11) is 1.82. The highest BCUT2D eigenvalue weighted by Gasteiger charge is 2.12. The summed E-state index contributed by atoms with van der Waals surface area (Å²) in [5, 5.41) is 9.67. The van der Waals surface area contributed by atoms with Crippen molar-refractivity contribution >= 4 is 39.1 Å². The molecule has 0 unspecified atom stereocenters. The molecule has 0 aliphatic rings. The van der Waals surface area contributed by atoms with Gasteiger partial charge in [0.25, 0.3) is 0 Å². The molecular formula is C28H27N5O. The van der Waals surface area contributed by atoms with Gasteiger partial charge in [0.05, 0.1) is 11.6 Å². The Kier molecular flexibility index (Phi) is 5.72. The van der Waals surface area contributed by atoms with Crippen molar-refractivity contribution in [3.63, 3.8) is 0 Å². The second kappa shape index (κ2) is 8.98. The minimum absolute atomic E-state index is 0.119. The van der Waals surface area contributed by atoms with Gasteiger partial charge in [0.1, 0.15) is 11.6 Å². The minimum Gasteiger partial charge on any atom is -0.491 e. The summed E-state index contributed by atoms with van der Waals surface area (Å²) < 4.78 is 5.85. The number of hydrogen-bond donors (Lipinski definition) is 2. The largest absolute Gasteiger partial charge is 0.491 e. The summed E-state index contributed by atoms with van der Waals surface area (Å²) in [6.07, 6.45) is 3.83. The van der Waals surface area contributed by atoms with Crippen LogP contribution < -0.4 is 15.4 Å². The van der Waals surface area contributed by atoms with Crippen molar-refractivity contribution < 1.29 is 4.74 Å². The number of aryl methyl sites for hydroxylation is 1. The number of ether oxygens (including phenoxy) is 1. The van der Waals surface area contributed by atoms with Gasteiger partial charge < -0.3 is 15.4 Å². The quantitative estimate of drug-likeness (QED) is 0.300. The van der Waals surface area contributed by atoms with E-state index in [0.717, 1.165) is 44.5 Å². The molecule has 0 saturated heterocycles.